The van der Waals surface area contributed by atoms with Gasteiger partial charge in [0.2, 0.25) is 5.91 Å². The van der Waals surface area contributed by atoms with Gasteiger partial charge in [-0.3, -0.25) is 4.79 Å². The average Bonchev–Trinajstić information content (AvgIpc) is 2.41. The van der Waals surface area contributed by atoms with E-state index in [0.29, 0.717) is 25.1 Å². The number of piperidine rings is 1. The van der Waals surface area contributed by atoms with E-state index in [1.165, 1.54) is 29.2 Å². The molecular formula is C13H15FN2O3. The number of carbonyl (C=O) groups excluding carboxylic acids is 1. The summed E-state index contributed by atoms with van der Waals surface area (Å²) in [6, 6.07) is 5.48. The summed E-state index contributed by atoms with van der Waals surface area (Å²) < 4.78 is 12.7. The van der Waals surface area contributed by atoms with E-state index in [2.05, 4.69) is 5.32 Å². The predicted molar refractivity (Wildman–Crippen MR) is 67.4 cm³/mol. The van der Waals surface area contributed by atoms with Gasteiger partial charge in [-0.1, -0.05) is 0 Å². The van der Waals surface area contributed by atoms with Crippen LogP contribution >= 0.6 is 0 Å². The molecule has 1 atom stereocenters. The molecule has 6 heteroatoms. The second-order valence-corrected chi connectivity index (χ2v) is 4.56. The van der Waals surface area contributed by atoms with Crippen LogP contribution < -0.4 is 5.32 Å². The maximum Gasteiger partial charge on any atom is 0.407 e. The maximum absolute atomic E-state index is 12.7. The molecule has 1 unspecified atom stereocenters. The highest BCUT2D eigenvalue weighted by atomic mass is 19.1. The number of hydrogen-bond acceptors (Lipinski definition) is 2. The lowest BCUT2D eigenvalue weighted by Gasteiger charge is -2.29. The normalized spacial score (nSPS) is 19.0. The zero-order chi connectivity index (χ0) is 13.8. The molecule has 1 heterocycles. The maximum atomic E-state index is 12.7. The molecule has 19 heavy (non-hydrogen) atoms. The summed E-state index contributed by atoms with van der Waals surface area (Å²) >= 11 is 0. The number of carbonyl (C=O) groups is 2. The van der Waals surface area contributed by atoms with Gasteiger partial charge in [0.1, 0.15) is 5.82 Å². The summed E-state index contributed by atoms with van der Waals surface area (Å²) in [7, 11) is 0. The van der Waals surface area contributed by atoms with Crippen LogP contribution in [0.15, 0.2) is 24.3 Å². The number of anilines is 1. The Balaban J connectivity index is 1.96. The van der Waals surface area contributed by atoms with E-state index in [4.69, 9.17) is 5.11 Å². The minimum absolute atomic E-state index is 0.211. The van der Waals surface area contributed by atoms with Crippen LogP contribution in [0, 0.1) is 11.7 Å². The third kappa shape index (κ3) is 3.43. The van der Waals surface area contributed by atoms with Crippen molar-refractivity contribution in [3.8, 4) is 0 Å². The number of benzene rings is 1. The zero-order valence-electron chi connectivity index (χ0n) is 10.3. The van der Waals surface area contributed by atoms with Crippen LogP contribution in [0.3, 0.4) is 0 Å². The van der Waals surface area contributed by atoms with Crippen molar-refractivity contribution in [1.29, 1.82) is 0 Å². The van der Waals surface area contributed by atoms with Gasteiger partial charge in [0.25, 0.3) is 0 Å². The number of rotatable bonds is 2. The highest BCUT2D eigenvalue weighted by Crippen LogP contribution is 2.19. The third-order valence-electron chi connectivity index (χ3n) is 3.17. The highest BCUT2D eigenvalue weighted by Gasteiger charge is 2.28. The molecule has 0 aromatic heterocycles. The van der Waals surface area contributed by atoms with Crippen molar-refractivity contribution in [2.24, 2.45) is 5.92 Å². The van der Waals surface area contributed by atoms with Crippen molar-refractivity contribution >= 4 is 17.7 Å². The summed E-state index contributed by atoms with van der Waals surface area (Å²) in [5.41, 5.74) is 0.513. The number of likely N-dealkylation sites (tertiary alicyclic amines) is 1. The van der Waals surface area contributed by atoms with E-state index in [1.807, 2.05) is 0 Å². The largest absolute Gasteiger partial charge is 0.465 e. The average molecular weight is 266 g/mol. The summed E-state index contributed by atoms with van der Waals surface area (Å²) in [6.07, 6.45) is 0.337. The fourth-order valence-corrected chi connectivity index (χ4v) is 2.14. The van der Waals surface area contributed by atoms with Crippen molar-refractivity contribution in [3.63, 3.8) is 0 Å². The quantitative estimate of drug-likeness (QED) is 0.861. The second-order valence-electron chi connectivity index (χ2n) is 4.56. The molecule has 0 radical (unpaired) electrons. The van der Waals surface area contributed by atoms with Gasteiger partial charge in [-0.25, -0.2) is 9.18 Å². The Morgan fingerprint density at radius 3 is 2.63 bits per heavy atom. The van der Waals surface area contributed by atoms with Crippen molar-refractivity contribution in [2.45, 2.75) is 12.8 Å². The Bertz CT molecular complexity index is 475. The van der Waals surface area contributed by atoms with Crippen molar-refractivity contribution < 1.29 is 19.1 Å². The first-order valence-corrected chi connectivity index (χ1v) is 6.10. The monoisotopic (exact) mass is 266 g/mol. The minimum Gasteiger partial charge on any atom is -0.465 e. The molecule has 2 amide bonds. The molecule has 5 nitrogen and oxygen atoms in total. The van der Waals surface area contributed by atoms with E-state index in [-0.39, 0.29) is 24.2 Å². The lowest BCUT2D eigenvalue weighted by Crippen LogP contribution is -2.43. The topological polar surface area (TPSA) is 69.6 Å². The fourth-order valence-electron chi connectivity index (χ4n) is 2.14. The number of amides is 2. The number of nitrogens with one attached hydrogen (secondary N) is 1. The molecule has 1 aromatic rings. The Morgan fingerprint density at radius 1 is 1.32 bits per heavy atom. The first-order valence-electron chi connectivity index (χ1n) is 6.10. The summed E-state index contributed by atoms with van der Waals surface area (Å²) in [5.74, 6) is -0.944. The van der Waals surface area contributed by atoms with E-state index >= 15 is 0 Å². The van der Waals surface area contributed by atoms with Gasteiger partial charge in [-0.2, -0.15) is 0 Å². The van der Waals surface area contributed by atoms with E-state index in [1.54, 1.807) is 0 Å². The van der Waals surface area contributed by atoms with Gasteiger partial charge in [-0.05, 0) is 37.1 Å². The van der Waals surface area contributed by atoms with Gasteiger partial charge >= 0.3 is 6.09 Å². The number of carboxylic acid groups (broad SMARTS) is 1. The van der Waals surface area contributed by atoms with Crippen LogP contribution in [-0.2, 0) is 4.79 Å². The second kappa shape index (κ2) is 5.69. The smallest absolute Gasteiger partial charge is 0.407 e. The molecule has 1 saturated heterocycles. The molecule has 1 aliphatic heterocycles. The summed E-state index contributed by atoms with van der Waals surface area (Å²) in [4.78, 5) is 24.1. The van der Waals surface area contributed by atoms with Gasteiger partial charge in [0.15, 0.2) is 0 Å². The Morgan fingerprint density at radius 2 is 2.00 bits per heavy atom. The molecule has 2 N–H and O–H groups in total. The van der Waals surface area contributed by atoms with Crippen molar-refractivity contribution in [1.82, 2.24) is 4.90 Å². The van der Waals surface area contributed by atoms with Crippen molar-refractivity contribution in [3.05, 3.63) is 30.1 Å². The van der Waals surface area contributed by atoms with Crippen LogP contribution in [-0.4, -0.2) is 35.1 Å². The fraction of sp³-hybridized carbons (Fsp3) is 0.385. The predicted octanol–water partition coefficient (Wildman–Crippen LogP) is 2.15. The lowest BCUT2D eigenvalue weighted by atomic mass is 9.97. The molecule has 0 aliphatic carbocycles. The first kappa shape index (κ1) is 13.3. The van der Waals surface area contributed by atoms with Crippen molar-refractivity contribution in [2.75, 3.05) is 18.4 Å². The van der Waals surface area contributed by atoms with Crippen LogP contribution in [0.2, 0.25) is 0 Å². The molecule has 0 spiro atoms. The zero-order valence-corrected chi connectivity index (χ0v) is 10.3. The molecule has 102 valence electrons. The van der Waals surface area contributed by atoms with E-state index in [9.17, 15) is 14.0 Å². The minimum atomic E-state index is -1.00. The molecule has 2 rings (SSSR count). The molecule has 0 saturated carbocycles. The Labute approximate surface area is 110 Å². The summed E-state index contributed by atoms with van der Waals surface area (Å²) in [5, 5.41) is 11.6. The van der Waals surface area contributed by atoms with Gasteiger partial charge in [-0.15, -0.1) is 0 Å². The SMILES string of the molecule is O=C(Nc1ccc(F)cc1)C1CCCN(C(=O)O)C1. The lowest BCUT2D eigenvalue weighted by molar-refractivity contribution is -0.121. The number of hydrogen-bond donors (Lipinski definition) is 2. The molecule has 0 bridgehead atoms. The molecule has 1 aromatic carbocycles. The molecule has 1 aliphatic rings. The Hall–Kier alpha value is -2.11. The van der Waals surface area contributed by atoms with E-state index < -0.39 is 6.09 Å². The van der Waals surface area contributed by atoms with Gasteiger partial charge in [0, 0.05) is 18.8 Å². The van der Waals surface area contributed by atoms with Gasteiger partial charge < -0.3 is 15.3 Å². The molecular weight excluding hydrogens is 251 g/mol. The highest BCUT2D eigenvalue weighted by molar-refractivity contribution is 5.93. The van der Waals surface area contributed by atoms with Crippen LogP contribution in [0.5, 0.6) is 0 Å². The van der Waals surface area contributed by atoms with Crippen LogP contribution in [0.4, 0.5) is 14.9 Å². The van der Waals surface area contributed by atoms with E-state index in [0.717, 1.165) is 0 Å². The third-order valence-corrected chi connectivity index (χ3v) is 3.17. The van der Waals surface area contributed by atoms with Crippen LogP contribution in [0.1, 0.15) is 12.8 Å². The number of halogens is 1. The van der Waals surface area contributed by atoms with Gasteiger partial charge in [0.05, 0.1) is 5.92 Å². The summed E-state index contributed by atoms with van der Waals surface area (Å²) in [6.45, 7) is 0.679. The van der Waals surface area contributed by atoms with Crippen LogP contribution in [0.25, 0.3) is 0 Å². The Kier molecular flexibility index (Phi) is 3.99. The first-order chi connectivity index (χ1) is 9.06. The number of nitrogens with zero attached hydrogens (tertiary/aromatic N) is 1. The standard InChI is InChI=1S/C13H15FN2O3/c14-10-3-5-11(6-4-10)15-12(17)9-2-1-7-16(8-9)13(18)19/h3-6,9H,1-2,7-8H2,(H,15,17)(H,18,19). The molecule has 1 fully saturated rings.